The highest BCUT2D eigenvalue weighted by Gasteiger charge is 2.19. The van der Waals surface area contributed by atoms with E-state index in [0.29, 0.717) is 5.92 Å². The van der Waals surface area contributed by atoms with Crippen molar-refractivity contribution < 1.29 is 9.47 Å². The van der Waals surface area contributed by atoms with Gasteiger partial charge in [0.05, 0.1) is 7.11 Å². The third-order valence-electron chi connectivity index (χ3n) is 3.53. The molecule has 1 aromatic carbocycles. The number of nitrogen functional groups attached to an aromatic ring is 1. The number of benzene rings is 1. The van der Waals surface area contributed by atoms with Crippen LogP contribution >= 0.6 is 0 Å². The fourth-order valence-electron chi connectivity index (χ4n) is 2.50. The van der Waals surface area contributed by atoms with Gasteiger partial charge in [0.1, 0.15) is 5.75 Å². The zero-order valence-corrected chi connectivity index (χ0v) is 11.2. The van der Waals surface area contributed by atoms with Gasteiger partial charge in [-0.15, -0.1) is 0 Å². The summed E-state index contributed by atoms with van der Waals surface area (Å²) in [4.78, 5) is 2.37. The molecule has 4 heteroatoms. The molecule has 0 aromatic heterocycles. The predicted octanol–water partition coefficient (Wildman–Crippen LogP) is 2.14. The first kappa shape index (κ1) is 13.0. The molecule has 0 bridgehead atoms. The Morgan fingerprint density at radius 3 is 2.56 bits per heavy atom. The minimum atomic E-state index is 0.689. The van der Waals surface area contributed by atoms with Gasteiger partial charge in [-0.1, -0.05) is 0 Å². The fourth-order valence-corrected chi connectivity index (χ4v) is 2.50. The molecule has 2 N–H and O–H groups in total. The Morgan fingerprint density at radius 2 is 1.94 bits per heavy atom. The van der Waals surface area contributed by atoms with Crippen LogP contribution in [0.3, 0.4) is 0 Å². The monoisotopic (exact) mass is 250 g/mol. The molecule has 0 atom stereocenters. The molecule has 0 spiro atoms. The average molecular weight is 250 g/mol. The van der Waals surface area contributed by atoms with E-state index in [9.17, 15) is 0 Å². The van der Waals surface area contributed by atoms with E-state index in [1.54, 1.807) is 14.2 Å². The topological polar surface area (TPSA) is 47.7 Å². The molecule has 0 amide bonds. The summed E-state index contributed by atoms with van der Waals surface area (Å²) in [6.07, 6.45) is 2.34. The van der Waals surface area contributed by atoms with E-state index in [2.05, 4.69) is 4.90 Å². The summed E-state index contributed by atoms with van der Waals surface area (Å²) in [5, 5.41) is 0. The van der Waals surface area contributed by atoms with Gasteiger partial charge in [-0.3, -0.25) is 0 Å². The minimum Gasteiger partial charge on any atom is -0.497 e. The Balaban J connectivity index is 2.02. The Kier molecular flexibility index (Phi) is 4.31. The number of nitrogens with two attached hydrogens (primary N) is 1. The van der Waals surface area contributed by atoms with E-state index in [4.69, 9.17) is 15.2 Å². The van der Waals surface area contributed by atoms with Crippen LogP contribution in [-0.2, 0) is 4.74 Å². The highest BCUT2D eigenvalue weighted by molar-refractivity contribution is 5.60. The van der Waals surface area contributed by atoms with Crippen LogP contribution in [0, 0.1) is 5.92 Å². The first-order valence-electron chi connectivity index (χ1n) is 6.41. The third-order valence-corrected chi connectivity index (χ3v) is 3.53. The van der Waals surface area contributed by atoms with Crippen molar-refractivity contribution in [1.82, 2.24) is 0 Å². The van der Waals surface area contributed by atoms with Crippen molar-refractivity contribution in [3.8, 4) is 5.75 Å². The summed E-state index contributed by atoms with van der Waals surface area (Å²) in [7, 11) is 3.44. The van der Waals surface area contributed by atoms with Gasteiger partial charge in [0.2, 0.25) is 0 Å². The van der Waals surface area contributed by atoms with Gasteiger partial charge >= 0.3 is 0 Å². The molecule has 1 saturated heterocycles. The summed E-state index contributed by atoms with van der Waals surface area (Å²) >= 11 is 0. The molecule has 18 heavy (non-hydrogen) atoms. The molecular formula is C14H22N2O2. The summed E-state index contributed by atoms with van der Waals surface area (Å²) in [6, 6.07) is 5.91. The second-order valence-corrected chi connectivity index (χ2v) is 4.85. The third kappa shape index (κ3) is 3.07. The van der Waals surface area contributed by atoms with Gasteiger partial charge in [-0.25, -0.2) is 0 Å². The number of rotatable bonds is 4. The van der Waals surface area contributed by atoms with Gasteiger partial charge in [0.15, 0.2) is 0 Å². The molecule has 1 fully saturated rings. The number of methoxy groups -OCH3 is 2. The Labute approximate surface area is 109 Å². The van der Waals surface area contributed by atoms with Crippen molar-refractivity contribution in [2.75, 3.05) is 44.5 Å². The van der Waals surface area contributed by atoms with Crippen molar-refractivity contribution in [3.63, 3.8) is 0 Å². The Hall–Kier alpha value is -1.42. The minimum absolute atomic E-state index is 0.689. The van der Waals surface area contributed by atoms with Crippen LogP contribution in [0.5, 0.6) is 5.75 Å². The maximum atomic E-state index is 5.89. The molecule has 0 unspecified atom stereocenters. The SMILES string of the molecule is COCC1CCN(c2cc(N)cc(OC)c2)CC1. The second kappa shape index (κ2) is 5.96. The lowest BCUT2D eigenvalue weighted by molar-refractivity contribution is 0.139. The van der Waals surface area contributed by atoms with Crippen molar-refractivity contribution in [2.45, 2.75) is 12.8 Å². The number of nitrogens with zero attached hydrogens (tertiary/aromatic N) is 1. The summed E-state index contributed by atoms with van der Waals surface area (Å²) in [6.45, 7) is 2.98. The van der Waals surface area contributed by atoms with Crippen LogP contribution in [0.4, 0.5) is 11.4 Å². The Bertz CT molecular complexity index is 387. The number of anilines is 2. The van der Waals surface area contributed by atoms with Crippen LogP contribution in [-0.4, -0.2) is 33.9 Å². The van der Waals surface area contributed by atoms with E-state index in [0.717, 1.165) is 36.8 Å². The van der Waals surface area contributed by atoms with Crippen molar-refractivity contribution >= 4 is 11.4 Å². The van der Waals surface area contributed by atoms with Gasteiger partial charge in [-0.05, 0) is 24.8 Å². The van der Waals surface area contributed by atoms with E-state index < -0.39 is 0 Å². The maximum Gasteiger partial charge on any atom is 0.122 e. The van der Waals surface area contributed by atoms with E-state index >= 15 is 0 Å². The van der Waals surface area contributed by atoms with Crippen LogP contribution < -0.4 is 15.4 Å². The molecule has 0 radical (unpaired) electrons. The largest absolute Gasteiger partial charge is 0.497 e. The van der Waals surface area contributed by atoms with E-state index in [1.165, 1.54) is 12.8 Å². The second-order valence-electron chi connectivity index (χ2n) is 4.85. The lowest BCUT2D eigenvalue weighted by Crippen LogP contribution is -2.35. The molecule has 1 heterocycles. The molecule has 0 saturated carbocycles. The fraction of sp³-hybridized carbons (Fsp3) is 0.571. The first-order valence-corrected chi connectivity index (χ1v) is 6.41. The van der Waals surface area contributed by atoms with Crippen LogP contribution in [0.2, 0.25) is 0 Å². The molecular weight excluding hydrogens is 228 g/mol. The lowest BCUT2D eigenvalue weighted by Gasteiger charge is -2.33. The van der Waals surface area contributed by atoms with Gasteiger partial charge < -0.3 is 20.1 Å². The van der Waals surface area contributed by atoms with Gasteiger partial charge in [0, 0.05) is 50.3 Å². The van der Waals surface area contributed by atoms with Crippen LogP contribution in [0.15, 0.2) is 18.2 Å². The molecule has 1 aromatic rings. The standard InChI is InChI=1S/C14H22N2O2/c1-17-10-11-3-5-16(6-4-11)13-7-12(15)8-14(9-13)18-2/h7-9,11H,3-6,10,15H2,1-2H3. The van der Waals surface area contributed by atoms with E-state index in [1.807, 2.05) is 18.2 Å². The van der Waals surface area contributed by atoms with Crippen LogP contribution in [0.1, 0.15) is 12.8 Å². The van der Waals surface area contributed by atoms with Gasteiger partial charge in [-0.2, -0.15) is 0 Å². The van der Waals surface area contributed by atoms with Crippen molar-refractivity contribution in [2.24, 2.45) is 5.92 Å². The predicted molar refractivity (Wildman–Crippen MR) is 74.2 cm³/mol. The maximum absolute atomic E-state index is 5.89. The lowest BCUT2D eigenvalue weighted by atomic mass is 9.97. The van der Waals surface area contributed by atoms with Crippen molar-refractivity contribution in [1.29, 1.82) is 0 Å². The highest BCUT2D eigenvalue weighted by atomic mass is 16.5. The number of ether oxygens (including phenoxy) is 2. The zero-order chi connectivity index (χ0) is 13.0. The number of hydrogen-bond acceptors (Lipinski definition) is 4. The molecule has 1 aliphatic rings. The van der Waals surface area contributed by atoms with Crippen LogP contribution in [0.25, 0.3) is 0 Å². The van der Waals surface area contributed by atoms with Crippen molar-refractivity contribution in [3.05, 3.63) is 18.2 Å². The molecule has 1 aliphatic heterocycles. The number of hydrogen-bond donors (Lipinski definition) is 1. The first-order chi connectivity index (χ1) is 8.72. The molecule has 0 aliphatic carbocycles. The molecule has 4 nitrogen and oxygen atoms in total. The van der Waals surface area contributed by atoms with E-state index in [-0.39, 0.29) is 0 Å². The zero-order valence-electron chi connectivity index (χ0n) is 11.2. The summed E-state index contributed by atoms with van der Waals surface area (Å²) < 4.78 is 10.5. The smallest absolute Gasteiger partial charge is 0.122 e. The molecule has 2 rings (SSSR count). The average Bonchev–Trinajstić information content (AvgIpc) is 2.39. The normalized spacial score (nSPS) is 16.9. The van der Waals surface area contributed by atoms with Gasteiger partial charge in [0.25, 0.3) is 0 Å². The number of piperidine rings is 1. The summed E-state index contributed by atoms with van der Waals surface area (Å²) in [5.74, 6) is 1.51. The summed E-state index contributed by atoms with van der Waals surface area (Å²) in [5.41, 5.74) is 7.80. The highest BCUT2D eigenvalue weighted by Crippen LogP contribution is 2.28. The molecule has 100 valence electrons. The quantitative estimate of drug-likeness (QED) is 0.832. The Morgan fingerprint density at radius 1 is 1.22 bits per heavy atom.